The maximum absolute atomic E-state index is 12.6. The molecule has 2 N–H and O–H groups in total. The average Bonchev–Trinajstić information content (AvgIpc) is 3.03. The van der Waals surface area contributed by atoms with Crippen LogP contribution in [-0.2, 0) is 12.7 Å². The van der Waals surface area contributed by atoms with Crippen LogP contribution in [0.3, 0.4) is 0 Å². The Balaban J connectivity index is 1.74. The Labute approximate surface area is 138 Å². The Hall–Kier alpha value is -2.06. The summed E-state index contributed by atoms with van der Waals surface area (Å²) in [5.74, 6) is 0.0773. The molecule has 1 aromatic heterocycles. The highest BCUT2D eigenvalue weighted by Gasteiger charge is 2.30. The van der Waals surface area contributed by atoms with E-state index < -0.39 is 17.8 Å². The van der Waals surface area contributed by atoms with Gasteiger partial charge in [0.1, 0.15) is 18.5 Å². The van der Waals surface area contributed by atoms with Crippen LogP contribution in [0.1, 0.15) is 12.5 Å². The van der Waals surface area contributed by atoms with Crippen molar-refractivity contribution in [2.75, 3.05) is 13.2 Å². The molecule has 2 rings (SSSR count). The van der Waals surface area contributed by atoms with Crippen LogP contribution in [0, 0.1) is 0 Å². The van der Waals surface area contributed by atoms with E-state index in [-0.39, 0.29) is 24.9 Å². The van der Waals surface area contributed by atoms with Crippen LogP contribution >= 0.6 is 0 Å². The number of nitrogens with zero attached hydrogens (tertiary/aromatic N) is 2. The molecule has 1 aromatic carbocycles. The number of alkyl halides is 3. The largest absolute Gasteiger partial charge is 0.491 e. The van der Waals surface area contributed by atoms with Crippen LogP contribution in [0.2, 0.25) is 0 Å². The summed E-state index contributed by atoms with van der Waals surface area (Å²) in [4.78, 5) is 0. The van der Waals surface area contributed by atoms with Gasteiger partial charge in [-0.2, -0.15) is 18.3 Å². The topological polar surface area (TPSA) is 59.3 Å². The highest BCUT2D eigenvalue weighted by molar-refractivity contribution is 5.30. The van der Waals surface area contributed by atoms with Gasteiger partial charge in [-0.1, -0.05) is 6.07 Å². The maximum Gasteiger partial charge on any atom is 0.416 e. The molecule has 8 heteroatoms. The number of benzene rings is 1. The predicted molar refractivity (Wildman–Crippen MR) is 82.6 cm³/mol. The van der Waals surface area contributed by atoms with Gasteiger partial charge in [0, 0.05) is 25.0 Å². The van der Waals surface area contributed by atoms with E-state index in [0.29, 0.717) is 6.54 Å². The molecule has 0 radical (unpaired) electrons. The standard InChI is InChI=1S/C16H20F3N3O2/c1-12(10-22-7-3-6-21-22)20-9-14(23)11-24-15-5-2-4-13(8-15)16(17,18)19/h2-8,12,14,20,23H,9-11H2,1H3. The molecule has 5 nitrogen and oxygen atoms in total. The fourth-order valence-corrected chi connectivity index (χ4v) is 2.10. The average molecular weight is 343 g/mol. The van der Waals surface area contributed by atoms with Gasteiger partial charge in [-0.25, -0.2) is 0 Å². The lowest BCUT2D eigenvalue weighted by molar-refractivity contribution is -0.137. The summed E-state index contributed by atoms with van der Waals surface area (Å²) >= 11 is 0. The van der Waals surface area contributed by atoms with E-state index >= 15 is 0 Å². The SMILES string of the molecule is CC(Cn1cccn1)NCC(O)COc1cccc(C(F)(F)F)c1. The Bertz CT molecular complexity index is 617. The van der Waals surface area contributed by atoms with Gasteiger partial charge < -0.3 is 15.2 Å². The summed E-state index contributed by atoms with van der Waals surface area (Å²) in [5, 5.41) is 17.1. The molecular weight excluding hydrogens is 323 g/mol. The molecule has 2 atom stereocenters. The highest BCUT2D eigenvalue weighted by Crippen LogP contribution is 2.31. The molecule has 0 aliphatic rings. The second-order valence-corrected chi connectivity index (χ2v) is 5.53. The van der Waals surface area contributed by atoms with Gasteiger partial charge in [-0.05, 0) is 31.2 Å². The molecule has 0 fully saturated rings. The van der Waals surface area contributed by atoms with Gasteiger partial charge in [0.15, 0.2) is 0 Å². The minimum atomic E-state index is -4.42. The summed E-state index contributed by atoms with van der Waals surface area (Å²) in [7, 11) is 0. The van der Waals surface area contributed by atoms with Crippen LogP contribution in [0.15, 0.2) is 42.7 Å². The molecule has 132 valence electrons. The fraction of sp³-hybridized carbons (Fsp3) is 0.438. The normalized spacial score (nSPS) is 14.4. The van der Waals surface area contributed by atoms with Gasteiger partial charge in [0.05, 0.1) is 12.1 Å². The minimum Gasteiger partial charge on any atom is -0.491 e. The molecule has 2 aromatic rings. The van der Waals surface area contributed by atoms with Crippen LogP contribution in [0.5, 0.6) is 5.75 Å². The summed E-state index contributed by atoms with van der Waals surface area (Å²) in [6.07, 6.45) is -1.73. The van der Waals surface area contributed by atoms with Crippen LogP contribution < -0.4 is 10.1 Å². The summed E-state index contributed by atoms with van der Waals surface area (Å²) < 4.78 is 44.8. The van der Waals surface area contributed by atoms with Crippen molar-refractivity contribution in [2.24, 2.45) is 0 Å². The summed E-state index contributed by atoms with van der Waals surface area (Å²) in [5.41, 5.74) is -0.777. The summed E-state index contributed by atoms with van der Waals surface area (Å²) in [6.45, 7) is 2.76. The lowest BCUT2D eigenvalue weighted by atomic mass is 10.2. The lowest BCUT2D eigenvalue weighted by Gasteiger charge is -2.18. The molecule has 0 bridgehead atoms. The number of rotatable bonds is 8. The first kappa shape index (κ1) is 18.3. The van der Waals surface area contributed by atoms with Crippen molar-refractivity contribution in [3.8, 4) is 5.75 Å². The van der Waals surface area contributed by atoms with E-state index in [1.165, 1.54) is 12.1 Å². The zero-order valence-corrected chi connectivity index (χ0v) is 13.2. The number of aromatic nitrogens is 2. The van der Waals surface area contributed by atoms with Crippen molar-refractivity contribution in [1.82, 2.24) is 15.1 Å². The third-order valence-electron chi connectivity index (χ3n) is 3.33. The Morgan fingerprint density at radius 2 is 2.12 bits per heavy atom. The highest BCUT2D eigenvalue weighted by atomic mass is 19.4. The Morgan fingerprint density at radius 3 is 2.79 bits per heavy atom. The second-order valence-electron chi connectivity index (χ2n) is 5.53. The van der Waals surface area contributed by atoms with Gasteiger partial charge in [0.2, 0.25) is 0 Å². The number of hydrogen-bond donors (Lipinski definition) is 2. The fourth-order valence-electron chi connectivity index (χ4n) is 2.10. The molecule has 0 amide bonds. The number of halogens is 3. The van der Waals surface area contributed by atoms with Crippen molar-refractivity contribution in [3.63, 3.8) is 0 Å². The van der Waals surface area contributed by atoms with E-state index in [0.717, 1.165) is 12.1 Å². The van der Waals surface area contributed by atoms with Crippen LogP contribution in [-0.4, -0.2) is 40.2 Å². The molecule has 2 unspecified atom stereocenters. The maximum atomic E-state index is 12.6. The van der Waals surface area contributed by atoms with E-state index in [1.54, 1.807) is 10.9 Å². The van der Waals surface area contributed by atoms with Crippen molar-refractivity contribution >= 4 is 0 Å². The number of aliphatic hydroxyl groups is 1. The van der Waals surface area contributed by atoms with Crippen molar-refractivity contribution in [2.45, 2.75) is 31.8 Å². The third kappa shape index (κ3) is 5.86. The van der Waals surface area contributed by atoms with Gasteiger partial charge >= 0.3 is 6.18 Å². The molecule has 0 aliphatic carbocycles. The van der Waals surface area contributed by atoms with Crippen molar-refractivity contribution in [3.05, 3.63) is 48.3 Å². The number of hydrogen-bond acceptors (Lipinski definition) is 4. The number of aliphatic hydroxyl groups excluding tert-OH is 1. The Kier molecular flexibility index (Phi) is 6.22. The summed E-state index contributed by atoms with van der Waals surface area (Å²) in [6, 6.07) is 6.49. The van der Waals surface area contributed by atoms with Gasteiger partial charge in [-0.15, -0.1) is 0 Å². The number of ether oxygens (including phenoxy) is 1. The predicted octanol–water partition coefficient (Wildman–Crippen LogP) is 2.32. The smallest absolute Gasteiger partial charge is 0.416 e. The van der Waals surface area contributed by atoms with Gasteiger partial charge in [0.25, 0.3) is 0 Å². The molecule has 0 spiro atoms. The van der Waals surface area contributed by atoms with Crippen molar-refractivity contribution < 1.29 is 23.0 Å². The quantitative estimate of drug-likeness (QED) is 0.772. The van der Waals surface area contributed by atoms with E-state index in [4.69, 9.17) is 4.74 Å². The third-order valence-corrected chi connectivity index (χ3v) is 3.33. The second kappa shape index (κ2) is 8.16. The molecular formula is C16H20F3N3O2. The van der Waals surface area contributed by atoms with Gasteiger partial charge in [-0.3, -0.25) is 4.68 Å². The molecule has 0 aliphatic heterocycles. The van der Waals surface area contributed by atoms with Crippen LogP contribution in [0.4, 0.5) is 13.2 Å². The minimum absolute atomic E-state index is 0.0770. The van der Waals surface area contributed by atoms with E-state index in [1.807, 2.05) is 19.2 Å². The van der Waals surface area contributed by atoms with E-state index in [9.17, 15) is 18.3 Å². The van der Waals surface area contributed by atoms with E-state index in [2.05, 4.69) is 10.4 Å². The van der Waals surface area contributed by atoms with Crippen LogP contribution in [0.25, 0.3) is 0 Å². The first-order valence-corrected chi connectivity index (χ1v) is 7.53. The first-order valence-electron chi connectivity index (χ1n) is 7.53. The molecule has 0 saturated heterocycles. The first-order chi connectivity index (χ1) is 11.3. The number of nitrogens with one attached hydrogen (secondary N) is 1. The Morgan fingerprint density at radius 1 is 1.33 bits per heavy atom. The molecule has 1 heterocycles. The lowest BCUT2D eigenvalue weighted by Crippen LogP contribution is -2.38. The van der Waals surface area contributed by atoms with Crippen molar-refractivity contribution in [1.29, 1.82) is 0 Å². The molecule has 0 saturated carbocycles. The monoisotopic (exact) mass is 343 g/mol. The molecule has 24 heavy (non-hydrogen) atoms. The zero-order chi connectivity index (χ0) is 17.6. The zero-order valence-electron chi connectivity index (χ0n) is 13.2.